The number of nitrogens with zero attached hydrogens (tertiary/aromatic N) is 1. The molecule has 0 aliphatic carbocycles. The fourth-order valence-electron chi connectivity index (χ4n) is 2.21. The lowest BCUT2D eigenvalue weighted by atomic mass is 10.0. The summed E-state index contributed by atoms with van der Waals surface area (Å²) in [5.74, 6) is 0.194. The number of hydrogen-bond donors (Lipinski definition) is 1. The molecule has 3 nitrogen and oxygen atoms in total. The molecule has 1 fully saturated rings. The summed E-state index contributed by atoms with van der Waals surface area (Å²) >= 11 is 0. The van der Waals surface area contributed by atoms with E-state index in [1.165, 1.54) is 32.4 Å². The number of carbonyl (C=O) groups is 1. The zero-order valence-electron chi connectivity index (χ0n) is 9.04. The lowest BCUT2D eigenvalue weighted by Crippen LogP contribution is -2.22. The van der Waals surface area contributed by atoms with Crippen LogP contribution in [-0.4, -0.2) is 35.6 Å². The van der Waals surface area contributed by atoms with Gasteiger partial charge in [0.05, 0.1) is 0 Å². The standard InChI is InChI=1S/C11H21NO2/c1-2-4-10-6-8-12(9-10)7-3-5-11(13)14/h10H,2-9H2,1H3,(H,13,14). The van der Waals surface area contributed by atoms with Gasteiger partial charge in [0.15, 0.2) is 0 Å². The van der Waals surface area contributed by atoms with E-state index in [1.807, 2.05) is 0 Å². The summed E-state index contributed by atoms with van der Waals surface area (Å²) in [4.78, 5) is 12.7. The van der Waals surface area contributed by atoms with Crippen LogP contribution in [-0.2, 0) is 4.79 Å². The van der Waals surface area contributed by atoms with Crippen LogP contribution in [0.25, 0.3) is 0 Å². The summed E-state index contributed by atoms with van der Waals surface area (Å²) in [6.45, 7) is 5.55. The average Bonchev–Trinajstić information content (AvgIpc) is 2.53. The van der Waals surface area contributed by atoms with E-state index in [4.69, 9.17) is 5.11 Å². The SMILES string of the molecule is CCCC1CCN(CCCC(=O)O)C1. The van der Waals surface area contributed by atoms with Gasteiger partial charge < -0.3 is 10.0 Å². The Morgan fingerprint density at radius 3 is 3.00 bits per heavy atom. The molecule has 0 aromatic rings. The van der Waals surface area contributed by atoms with Crippen molar-refractivity contribution in [3.8, 4) is 0 Å². The van der Waals surface area contributed by atoms with Gasteiger partial charge in [-0.3, -0.25) is 4.79 Å². The minimum absolute atomic E-state index is 0.314. The molecular weight excluding hydrogens is 178 g/mol. The minimum Gasteiger partial charge on any atom is -0.481 e. The summed E-state index contributed by atoms with van der Waals surface area (Å²) < 4.78 is 0. The van der Waals surface area contributed by atoms with Crippen LogP contribution < -0.4 is 0 Å². The van der Waals surface area contributed by atoms with E-state index < -0.39 is 5.97 Å². The van der Waals surface area contributed by atoms with Gasteiger partial charge in [-0.15, -0.1) is 0 Å². The molecule has 0 saturated carbocycles. The molecule has 1 heterocycles. The summed E-state index contributed by atoms with van der Waals surface area (Å²) in [5, 5.41) is 8.51. The molecule has 0 radical (unpaired) electrons. The van der Waals surface area contributed by atoms with Crippen LogP contribution in [0.2, 0.25) is 0 Å². The van der Waals surface area contributed by atoms with Crippen LogP contribution in [0.5, 0.6) is 0 Å². The zero-order valence-corrected chi connectivity index (χ0v) is 9.04. The maximum absolute atomic E-state index is 10.3. The summed E-state index contributed by atoms with van der Waals surface area (Å²) in [5.41, 5.74) is 0. The van der Waals surface area contributed by atoms with Gasteiger partial charge in [-0.2, -0.15) is 0 Å². The number of likely N-dealkylation sites (tertiary alicyclic amines) is 1. The van der Waals surface area contributed by atoms with Crippen LogP contribution in [0.3, 0.4) is 0 Å². The molecule has 1 unspecified atom stereocenters. The number of carboxylic acids is 1. The molecule has 82 valence electrons. The second-order valence-electron chi connectivity index (χ2n) is 4.24. The van der Waals surface area contributed by atoms with Crippen molar-refractivity contribution in [2.24, 2.45) is 5.92 Å². The highest BCUT2D eigenvalue weighted by Crippen LogP contribution is 2.20. The highest BCUT2D eigenvalue weighted by Gasteiger charge is 2.20. The first-order valence-electron chi connectivity index (χ1n) is 5.66. The Bertz CT molecular complexity index is 182. The highest BCUT2D eigenvalue weighted by molar-refractivity contribution is 5.66. The third kappa shape index (κ3) is 4.09. The Morgan fingerprint density at radius 1 is 1.57 bits per heavy atom. The molecular formula is C11H21NO2. The molecule has 0 aromatic carbocycles. The molecule has 1 aliphatic heterocycles. The van der Waals surface area contributed by atoms with Gasteiger partial charge in [-0.1, -0.05) is 13.3 Å². The van der Waals surface area contributed by atoms with Gasteiger partial charge in [0.2, 0.25) is 0 Å². The summed E-state index contributed by atoms with van der Waals surface area (Å²) in [6, 6.07) is 0. The summed E-state index contributed by atoms with van der Waals surface area (Å²) in [7, 11) is 0. The first-order chi connectivity index (χ1) is 6.72. The van der Waals surface area contributed by atoms with Crippen LogP contribution >= 0.6 is 0 Å². The molecule has 1 rings (SSSR count). The van der Waals surface area contributed by atoms with Crippen LogP contribution in [0.4, 0.5) is 0 Å². The Labute approximate surface area is 86.1 Å². The van der Waals surface area contributed by atoms with Crippen molar-refractivity contribution in [1.82, 2.24) is 4.90 Å². The highest BCUT2D eigenvalue weighted by atomic mass is 16.4. The second kappa shape index (κ2) is 6.02. The maximum atomic E-state index is 10.3. The molecule has 1 saturated heterocycles. The smallest absolute Gasteiger partial charge is 0.303 e. The third-order valence-corrected chi connectivity index (χ3v) is 2.93. The number of aliphatic carboxylic acids is 1. The van der Waals surface area contributed by atoms with Crippen molar-refractivity contribution in [2.45, 2.75) is 39.0 Å². The van der Waals surface area contributed by atoms with Crippen LogP contribution in [0.15, 0.2) is 0 Å². The second-order valence-corrected chi connectivity index (χ2v) is 4.24. The Balaban J connectivity index is 2.07. The van der Waals surface area contributed by atoms with Crippen LogP contribution in [0.1, 0.15) is 39.0 Å². The molecule has 0 spiro atoms. The Kier molecular flexibility index (Phi) is 4.94. The van der Waals surface area contributed by atoms with Crippen molar-refractivity contribution < 1.29 is 9.90 Å². The fraction of sp³-hybridized carbons (Fsp3) is 0.909. The van der Waals surface area contributed by atoms with Gasteiger partial charge in [-0.25, -0.2) is 0 Å². The van der Waals surface area contributed by atoms with E-state index in [1.54, 1.807) is 0 Å². The first-order valence-corrected chi connectivity index (χ1v) is 5.66. The van der Waals surface area contributed by atoms with Crippen molar-refractivity contribution in [3.05, 3.63) is 0 Å². The Hall–Kier alpha value is -0.570. The normalized spacial score (nSPS) is 22.8. The summed E-state index contributed by atoms with van der Waals surface area (Å²) in [6.07, 6.45) is 5.02. The topological polar surface area (TPSA) is 40.5 Å². The van der Waals surface area contributed by atoms with Crippen molar-refractivity contribution in [1.29, 1.82) is 0 Å². The maximum Gasteiger partial charge on any atom is 0.303 e. The van der Waals surface area contributed by atoms with E-state index in [0.29, 0.717) is 6.42 Å². The third-order valence-electron chi connectivity index (χ3n) is 2.93. The van der Waals surface area contributed by atoms with Gasteiger partial charge in [0, 0.05) is 13.0 Å². The van der Waals surface area contributed by atoms with Crippen molar-refractivity contribution >= 4 is 5.97 Å². The predicted molar refractivity (Wildman–Crippen MR) is 56.3 cm³/mol. The molecule has 0 amide bonds. The predicted octanol–water partition coefficient (Wildman–Crippen LogP) is 1.97. The molecule has 1 N–H and O–H groups in total. The van der Waals surface area contributed by atoms with Gasteiger partial charge in [0.1, 0.15) is 0 Å². The van der Waals surface area contributed by atoms with Gasteiger partial charge >= 0.3 is 5.97 Å². The van der Waals surface area contributed by atoms with E-state index in [2.05, 4.69) is 11.8 Å². The molecule has 0 bridgehead atoms. The van der Waals surface area contributed by atoms with E-state index in [-0.39, 0.29) is 0 Å². The van der Waals surface area contributed by atoms with E-state index >= 15 is 0 Å². The first kappa shape index (κ1) is 11.5. The van der Waals surface area contributed by atoms with Gasteiger partial charge in [-0.05, 0) is 38.3 Å². The number of carboxylic acid groups (broad SMARTS) is 1. The zero-order chi connectivity index (χ0) is 10.4. The van der Waals surface area contributed by atoms with E-state index in [0.717, 1.165) is 18.9 Å². The monoisotopic (exact) mass is 199 g/mol. The van der Waals surface area contributed by atoms with Crippen LogP contribution in [0, 0.1) is 5.92 Å². The number of hydrogen-bond acceptors (Lipinski definition) is 2. The lowest BCUT2D eigenvalue weighted by Gasteiger charge is -2.14. The molecule has 14 heavy (non-hydrogen) atoms. The van der Waals surface area contributed by atoms with Gasteiger partial charge in [0.25, 0.3) is 0 Å². The molecule has 3 heteroatoms. The number of rotatable bonds is 6. The quantitative estimate of drug-likeness (QED) is 0.711. The Morgan fingerprint density at radius 2 is 2.36 bits per heavy atom. The lowest BCUT2D eigenvalue weighted by molar-refractivity contribution is -0.137. The van der Waals surface area contributed by atoms with E-state index in [9.17, 15) is 4.79 Å². The molecule has 1 aliphatic rings. The average molecular weight is 199 g/mol. The minimum atomic E-state index is -0.672. The van der Waals surface area contributed by atoms with Crippen molar-refractivity contribution in [3.63, 3.8) is 0 Å². The van der Waals surface area contributed by atoms with Crippen molar-refractivity contribution in [2.75, 3.05) is 19.6 Å². The fourth-order valence-corrected chi connectivity index (χ4v) is 2.21. The molecule has 0 aromatic heterocycles. The molecule has 1 atom stereocenters. The largest absolute Gasteiger partial charge is 0.481 e.